The fourth-order valence-electron chi connectivity index (χ4n) is 3.86. The number of aromatic nitrogens is 2. The summed E-state index contributed by atoms with van der Waals surface area (Å²) < 4.78 is 39.5. The van der Waals surface area contributed by atoms with Gasteiger partial charge in [-0.1, -0.05) is 54.1 Å². The summed E-state index contributed by atoms with van der Waals surface area (Å²) in [6.45, 7) is 0. The number of nitrogens with zero attached hydrogens (tertiary/aromatic N) is 2. The van der Waals surface area contributed by atoms with Crippen molar-refractivity contribution in [2.45, 2.75) is 6.18 Å². The van der Waals surface area contributed by atoms with Gasteiger partial charge in [0, 0.05) is 22.4 Å². The average molecular weight is 550 g/mol. The van der Waals surface area contributed by atoms with E-state index in [0.717, 1.165) is 28.3 Å². The molecule has 190 valence electrons. The van der Waals surface area contributed by atoms with Gasteiger partial charge in [0.2, 0.25) is 0 Å². The van der Waals surface area contributed by atoms with Crippen LogP contribution in [-0.2, 0) is 6.18 Å². The third-order valence-electron chi connectivity index (χ3n) is 5.68. The van der Waals surface area contributed by atoms with Crippen LogP contribution in [0.5, 0.6) is 0 Å². The Labute approximate surface area is 226 Å². The second kappa shape index (κ2) is 10.6. The molecule has 0 saturated carbocycles. The minimum atomic E-state index is -4.58. The van der Waals surface area contributed by atoms with Crippen molar-refractivity contribution in [2.24, 2.45) is 0 Å². The van der Waals surface area contributed by atoms with E-state index in [1.54, 1.807) is 12.1 Å². The maximum Gasteiger partial charge on any atom is 0.417 e. The Morgan fingerprint density at radius 3 is 2.08 bits per heavy atom. The molecule has 5 aromatic rings. The fraction of sp³-hybridized carbons (Fsp3) is 0.0357. The lowest BCUT2D eigenvalue weighted by atomic mass is 10.1. The number of hydrogen-bond donors (Lipinski definition) is 3. The number of rotatable bonds is 5. The topological polar surface area (TPSA) is 61.9 Å². The van der Waals surface area contributed by atoms with Crippen LogP contribution in [0, 0.1) is 0 Å². The summed E-state index contributed by atoms with van der Waals surface area (Å²) in [4.78, 5) is 8.71. The molecule has 10 heteroatoms. The molecule has 0 amide bonds. The Bertz CT molecular complexity index is 1610. The summed E-state index contributed by atoms with van der Waals surface area (Å²) in [6.07, 6.45) is -3.10. The standard InChI is InChI=1S/C28H19ClF3N5S/c29-24-12-10-21(15-23(24)28(30,31)32)37-27(38)36-20-11-13-25-22(14-20)26(34-16-33-25)35-19-8-6-18(7-9-19)17-4-2-1-3-5-17/h1-16H,(H,33,34,35)(H2,36,37,38). The van der Waals surface area contributed by atoms with E-state index in [1.807, 2.05) is 48.5 Å². The summed E-state index contributed by atoms with van der Waals surface area (Å²) in [5, 5.41) is 9.55. The van der Waals surface area contributed by atoms with Gasteiger partial charge in [0.05, 0.1) is 16.1 Å². The Hall–Kier alpha value is -4.21. The second-order valence-corrected chi connectivity index (χ2v) is 9.11. The molecule has 1 heterocycles. The highest BCUT2D eigenvalue weighted by Crippen LogP contribution is 2.36. The summed E-state index contributed by atoms with van der Waals surface area (Å²) >= 11 is 11.0. The molecule has 0 saturated heterocycles. The fourth-order valence-corrected chi connectivity index (χ4v) is 4.32. The predicted molar refractivity (Wildman–Crippen MR) is 151 cm³/mol. The minimum Gasteiger partial charge on any atom is -0.340 e. The van der Waals surface area contributed by atoms with Crippen LogP contribution in [0.1, 0.15) is 5.56 Å². The number of halogens is 4. The van der Waals surface area contributed by atoms with Gasteiger partial charge in [0.1, 0.15) is 12.1 Å². The van der Waals surface area contributed by atoms with Gasteiger partial charge in [-0.15, -0.1) is 0 Å². The Morgan fingerprint density at radius 2 is 1.37 bits per heavy atom. The average Bonchev–Trinajstić information content (AvgIpc) is 2.90. The Balaban J connectivity index is 1.33. The predicted octanol–water partition coefficient (Wildman–Crippen LogP) is 8.52. The molecule has 5 rings (SSSR count). The molecule has 3 N–H and O–H groups in total. The molecule has 1 aromatic heterocycles. The van der Waals surface area contributed by atoms with Crippen molar-refractivity contribution in [2.75, 3.05) is 16.0 Å². The molecule has 0 aliphatic rings. The Morgan fingerprint density at radius 1 is 0.737 bits per heavy atom. The minimum absolute atomic E-state index is 0.114. The van der Waals surface area contributed by atoms with E-state index in [4.69, 9.17) is 23.8 Å². The number of fused-ring (bicyclic) bond motifs is 1. The lowest BCUT2D eigenvalue weighted by Crippen LogP contribution is -2.19. The van der Waals surface area contributed by atoms with Crippen LogP contribution >= 0.6 is 23.8 Å². The first-order chi connectivity index (χ1) is 18.3. The molecule has 0 spiro atoms. The van der Waals surface area contributed by atoms with Crippen molar-refractivity contribution in [1.82, 2.24) is 9.97 Å². The molecule has 0 aliphatic carbocycles. The zero-order chi connectivity index (χ0) is 26.7. The third kappa shape index (κ3) is 5.85. The number of nitrogens with one attached hydrogen (secondary N) is 3. The van der Waals surface area contributed by atoms with E-state index < -0.39 is 11.7 Å². The van der Waals surface area contributed by atoms with Crippen molar-refractivity contribution < 1.29 is 13.2 Å². The summed E-state index contributed by atoms with van der Waals surface area (Å²) in [5.41, 5.74) is 3.60. The van der Waals surface area contributed by atoms with Crippen molar-refractivity contribution in [1.29, 1.82) is 0 Å². The molecule has 0 fully saturated rings. The van der Waals surface area contributed by atoms with Crippen LogP contribution < -0.4 is 16.0 Å². The quantitative estimate of drug-likeness (QED) is 0.191. The van der Waals surface area contributed by atoms with Gasteiger partial charge in [0.15, 0.2) is 5.11 Å². The van der Waals surface area contributed by atoms with E-state index in [1.165, 1.54) is 18.5 Å². The van der Waals surface area contributed by atoms with Crippen molar-refractivity contribution in [3.63, 3.8) is 0 Å². The number of benzene rings is 4. The largest absolute Gasteiger partial charge is 0.417 e. The van der Waals surface area contributed by atoms with Crippen molar-refractivity contribution >= 4 is 62.7 Å². The van der Waals surface area contributed by atoms with Gasteiger partial charge in [-0.2, -0.15) is 13.2 Å². The van der Waals surface area contributed by atoms with Crippen molar-refractivity contribution in [3.05, 3.63) is 108 Å². The lowest BCUT2D eigenvalue weighted by Gasteiger charge is -2.15. The summed E-state index contributed by atoms with van der Waals surface area (Å²) in [6, 6.07) is 27.0. The van der Waals surface area contributed by atoms with E-state index in [2.05, 4.69) is 38.1 Å². The van der Waals surface area contributed by atoms with E-state index >= 15 is 0 Å². The van der Waals surface area contributed by atoms with Gasteiger partial charge >= 0.3 is 6.18 Å². The Kier molecular flexibility index (Phi) is 7.13. The van der Waals surface area contributed by atoms with Gasteiger partial charge in [-0.25, -0.2) is 9.97 Å². The highest BCUT2D eigenvalue weighted by atomic mass is 35.5. The molecule has 0 aliphatic heterocycles. The smallest absolute Gasteiger partial charge is 0.340 e. The normalized spacial score (nSPS) is 11.3. The maximum atomic E-state index is 13.2. The second-order valence-electron chi connectivity index (χ2n) is 8.29. The van der Waals surface area contributed by atoms with E-state index in [9.17, 15) is 13.2 Å². The molecule has 0 bridgehead atoms. The van der Waals surface area contributed by atoms with Crippen LogP contribution in [0.3, 0.4) is 0 Å². The molecule has 0 radical (unpaired) electrons. The number of anilines is 4. The maximum absolute atomic E-state index is 13.2. The molecular formula is C28H19ClF3N5S. The molecular weight excluding hydrogens is 531 g/mol. The van der Waals surface area contributed by atoms with Gasteiger partial charge in [-0.05, 0) is 71.9 Å². The number of hydrogen-bond acceptors (Lipinski definition) is 4. The monoisotopic (exact) mass is 549 g/mol. The number of thiocarbonyl (C=S) groups is 1. The van der Waals surface area contributed by atoms with E-state index in [0.29, 0.717) is 17.0 Å². The highest BCUT2D eigenvalue weighted by Gasteiger charge is 2.33. The SMILES string of the molecule is FC(F)(F)c1cc(NC(=S)Nc2ccc3ncnc(Nc4ccc(-c5ccccc5)cc4)c3c2)ccc1Cl. The van der Waals surface area contributed by atoms with Crippen molar-refractivity contribution in [3.8, 4) is 11.1 Å². The van der Waals surface area contributed by atoms with Crippen LogP contribution in [-0.4, -0.2) is 15.1 Å². The van der Waals surface area contributed by atoms with Gasteiger partial charge < -0.3 is 16.0 Å². The van der Waals surface area contributed by atoms with Crippen LogP contribution in [0.15, 0.2) is 97.3 Å². The highest BCUT2D eigenvalue weighted by molar-refractivity contribution is 7.80. The molecule has 5 nitrogen and oxygen atoms in total. The van der Waals surface area contributed by atoms with Crippen LogP contribution in [0.4, 0.5) is 36.1 Å². The first kappa shape index (κ1) is 25.4. The van der Waals surface area contributed by atoms with E-state index in [-0.39, 0.29) is 15.8 Å². The van der Waals surface area contributed by atoms with Crippen LogP contribution in [0.2, 0.25) is 5.02 Å². The first-order valence-electron chi connectivity index (χ1n) is 11.4. The lowest BCUT2D eigenvalue weighted by molar-refractivity contribution is -0.137. The number of alkyl halides is 3. The zero-order valence-corrected chi connectivity index (χ0v) is 21.1. The first-order valence-corrected chi connectivity index (χ1v) is 12.2. The zero-order valence-electron chi connectivity index (χ0n) is 19.6. The molecule has 0 atom stereocenters. The molecule has 4 aromatic carbocycles. The summed E-state index contributed by atoms with van der Waals surface area (Å²) in [7, 11) is 0. The molecule has 0 unspecified atom stereocenters. The third-order valence-corrected chi connectivity index (χ3v) is 6.21. The summed E-state index contributed by atoms with van der Waals surface area (Å²) in [5.74, 6) is 0.595. The van der Waals surface area contributed by atoms with Crippen LogP contribution in [0.25, 0.3) is 22.0 Å². The van der Waals surface area contributed by atoms with Gasteiger partial charge in [-0.3, -0.25) is 0 Å². The molecule has 38 heavy (non-hydrogen) atoms. The van der Waals surface area contributed by atoms with Gasteiger partial charge in [0.25, 0.3) is 0 Å².